The molecule has 1 aliphatic heterocycles. The lowest BCUT2D eigenvalue weighted by Gasteiger charge is -2.20. The fourth-order valence-electron chi connectivity index (χ4n) is 2.73. The number of nitrogens with zero attached hydrogens (tertiary/aromatic N) is 1. The molecule has 0 aliphatic carbocycles. The average Bonchev–Trinajstić information content (AvgIpc) is 3.12. The van der Waals surface area contributed by atoms with Gasteiger partial charge in [-0.3, -0.25) is 4.79 Å². The summed E-state index contributed by atoms with van der Waals surface area (Å²) in [6.07, 6.45) is 1.24. The predicted octanol–water partition coefficient (Wildman–Crippen LogP) is 1.90. The number of carbonyl (C=O) groups is 1. The lowest BCUT2D eigenvalue weighted by molar-refractivity contribution is -0.142. The predicted molar refractivity (Wildman–Crippen MR) is 79.6 cm³/mol. The van der Waals surface area contributed by atoms with E-state index in [1.807, 2.05) is 30.3 Å². The van der Waals surface area contributed by atoms with Crippen molar-refractivity contribution in [3.63, 3.8) is 0 Å². The minimum Gasteiger partial charge on any atom is -0.459 e. The molecule has 2 N–H and O–H groups in total. The second kappa shape index (κ2) is 5.87. The van der Waals surface area contributed by atoms with Crippen LogP contribution in [0.5, 0.6) is 0 Å². The van der Waals surface area contributed by atoms with Gasteiger partial charge in [-0.15, -0.1) is 0 Å². The molecule has 1 amide bonds. The van der Waals surface area contributed by atoms with Crippen molar-refractivity contribution in [3.05, 3.63) is 36.1 Å². The Morgan fingerprint density at radius 2 is 2.19 bits per heavy atom. The van der Waals surface area contributed by atoms with Crippen LogP contribution in [0.15, 0.2) is 34.7 Å². The van der Waals surface area contributed by atoms with Crippen LogP contribution < -0.4 is 5.73 Å². The summed E-state index contributed by atoms with van der Waals surface area (Å²) in [7, 11) is 1.77. The van der Waals surface area contributed by atoms with E-state index in [1.165, 1.54) is 0 Å². The molecule has 0 radical (unpaired) electrons. The molecule has 5 nitrogen and oxygen atoms in total. The molecular weight excluding hydrogens is 268 g/mol. The summed E-state index contributed by atoms with van der Waals surface area (Å²) in [6.45, 7) is 0.914. The molecule has 0 bridgehead atoms. The number of furan rings is 1. The molecule has 2 atom stereocenters. The first-order valence-electron chi connectivity index (χ1n) is 7.25. The maximum Gasteiger partial charge on any atom is 0.251 e. The fraction of sp³-hybridized carbons (Fsp3) is 0.438. The molecule has 1 saturated heterocycles. The van der Waals surface area contributed by atoms with Crippen molar-refractivity contribution in [2.24, 2.45) is 5.73 Å². The molecular formula is C16H20N2O3. The van der Waals surface area contributed by atoms with Crippen LogP contribution in [-0.2, 0) is 16.1 Å². The highest BCUT2D eigenvalue weighted by Gasteiger charge is 2.31. The first kappa shape index (κ1) is 14.1. The van der Waals surface area contributed by atoms with Gasteiger partial charge in [0.05, 0.1) is 12.6 Å². The highest BCUT2D eigenvalue weighted by Crippen LogP contribution is 2.23. The van der Waals surface area contributed by atoms with Crippen molar-refractivity contribution in [1.29, 1.82) is 0 Å². The lowest BCUT2D eigenvalue weighted by Crippen LogP contribution is -2.36. The van der Waals surface area contributed by atoms with Crippen LogP contribution in [0.3, 0.4) is 0 Å². The largest absolute Gasteiger partial charge is 0.459 e. The van der Waals surface area contributed by atoms with Crippen molar-refractivity contribution in [3.8, 4) is 0 Å². The Morgan fingerprint density at radius 3 is 2.90 bits per heavy atom. The van der Waals surface area contributed by atoms with Crippen molar-refractivity contribution in [2.45, 2.75) is 31.6 Å². The van der Waals surface area contributed by atoms with Crippen LogP contribution in [0.25, 0.3) is 11.0 Å². The molecule has 21 heavy (non-hydrogen) atoms. The number of carbonyl (C=O) groups excluding carboxylic acids is 1. The van der Waals surface area contributed by atoms with Gasteiger partial charge in [0.25, 0.3) is 5.91 Å². The van der Waals surface area contributed by atoms with Crippen LogP contribution in [0.1, 0.15) is 18.6 Å². The first-order valence-corrected chi connectivity index (χ1v) is 7.25. The Hall–Kier alpha value is -1.85. The minimum absolute atomic E-state index is 0.00796. The Morgan fingerprint density at radius 1 is 1.38 bits per heavy atom. The van der Waals surface area contributed by atoms with E-state index < -0.39 is 0 Å². The normalized spacial score (nSPS) is 21.8. The molecule has 1 aromatic heterocycles. The van der Waals surface area contributed by atoms with Gasteiger partial charge in [-0.2, -0.15) is 0 Å². The SMILES string of the molecule is CN(Cc1cc2ccccc2o1)C(=O)[C@@H]1CC[C@H](CN)O1. The number of para-hydroxylation sites is 1. The molecule has 0 saturated carbocycles. The maximum atomic E-state index is 12.3. The molecule has 2 heterocycles. The van der Waals surface area contributed by atoms with Gasteiger partial charge < -0.3 is 19.8 Å². The van der Waals surface area contributed by atoms with Crippen LogP contribution in [0.4, 0.5) is 0 Å². The van der Waals surface area contributed by atoms with E-state index in [0.29, 0.717) is 13.1 Å². The van der Waals surface area contributed by atoms with E-state index in [9.17, 15) is 4.79 Å². The molecule has 1 fully saturated rings. The van der Waals surface area contributed by atoms with Crippen LogP contribution in [0, 0.1) is 0 Å². The number of ether oxygens (including phenoxy) is 1. The number of hydrogen-bond acceptors (Lipinski definition) is 4. The van der Waals surface area contributed by atoms with Crippen molar-refractivity contribution >= 4 is 16.9 Å². The van der Waals surface area contributed by atoms with Gasteiger partial charge in [-0.05, 0) is 25.0 Å². The number of likely N-dealkylation sites (N-methyl/N-ethyl adjacent to an activating group) is 1. The summed E-state index contributed by atoms with van der Waals surface area (Å²) < 4.78 is 11.4. The van der Waals surface area contributed by atoms with E-state index in [2.05, 4.69) is 0 Å². The average molecular weight is 288 g/mol. The highest BCUT2D eigenvalue weighted by molar-refractivity contribution is 5.81. The molecule has 0 spiro atoms. The van der Waals surface area contributed by atoms with Gasteiger partial charge in [-0.25, -0.2) is 0 Å². The zero-order chi connectivity index (χ0) is 14.8. The molecule has 112 valence electrons. The van der Waals surface area contributed by atoms with E-state index in [4.69, 9.17) is 14.9 Å². The summed E-state index contributed by atoms with van der Waals surface area (Å²) >= 11 is 0. The summed E-state index contributed by atoms with van der Waals surface area (Å²) in [4.78, 5) is 14.0. The molecule has 0 unspecified atom stereocenters. The molecule has 2 aromatic rings. The molecule has 1 aliphatic rings. The van der Waals surface area contributed by atoms with Gasteiger partial charge in [0.2, 0.25) is 0 Å². The molecule has 3 rings (SSSR count). The van der Waals surface area contributed by atoms with Crippen molar-refractivity contribution < 1.29 is 13.9 Å². The van der Waals surface area contributed by atoms with Crippen molar-refractivity contribution in [1.82, 2.24) is 4.90 Å². The summed E-state index contributed by atoms with van der Waals surface area (Å²) in [5, 5.41) is 1.05. The van der Waals surface area contributed by atoms with Gasteiger partial charge >= 0.3 is 0 Å². The highest BCUT2D eigenvalue weighted by atomic mass is 16.5. The number of fused-ring (bicyclic) bond motifs is 1. The summed E-state index contributed by atoms with van der Waals surface area (Å²) in [5.41, 5.74) is 6.42. The third kappa shape index (κ3) is 2.94. The number of nitrogens with two attached hydrogens (primary N) is 1. The van der Waals surface area contributed by atoms with Crippen LogP contribution in [-0.4, -0.2) is 36.6 Å². The van der Waals surface area contributed by atoms with Gasteiger partial charge in [0, 0.05) is 19.0 Å². The third-order valence-electron chi connectivity index (χ3n) is 3.89. The zero-order valence-electron chi connectivity index (χ0n) is 12.1. The number of rotatable bonds is 4. The Bertz CT molecular complexity index is 604. The summed E-state index contributed by atoms with van der Waals surface area (Å²) in [5.74, 6) is 0.770. The van der Waals surface area contributed by atoms with Gasteiger partial charge in [0.15, 0.2) is 0 Å². The lowest BCUT2D eigenvalue weighted by atomic mass is 10.2. The van der Waals surface area contributed by atoms with E-state index in [1.54, 1.807) is 11.9 Å². The van der Waals surface area contributed by atoms with Crippen LogP contribution in [0.2, 0.25) is 0 Å². The van der Waals surface area contributed by atoms with E-state index in [0.717, 1.165) is 29.6 Å². The number of amides is 1. The topological polar surface area (TPSA) is 68.7 Å². The van der Waals surface area contributed by atoms with Crippen LogP contribution >= 0.6 is 0 Å². The molecule has 5 heteroatoms. The number of hydrogen-bond donors (Lipinski definition) is 1. The quantitative estimate of drug-likeness (QED) is 0.933. The second-order valence-corrected chi connectivity index (χ2v) is 5.50. The van der Waals surface area contributed by atoms with Gasteiger partial charge in [-0.1, -0.05) is 18.2 Å². The Labute approximate surface area is 123 Å². The number of benzene rings is 1. The smallest absolute Gasteiger partial charge is 0.251 e. The first-order chi connectivity index (χ1) is 10.2. The fourth-order valence-corrected chi connectivity index (χ4v) is 2.73. The minimum atomic E-state index is -0.368. The van der Waals surface area contributed by atoms with E-state index in [-0.39, 0.29) is 18.1 Å². The summed E-state index contributed by atoms with van der Waals surface area (Å²) in [6, 6.07) is 9.79. The monoisotopic (exact) mass is 288 g/mol. The molecule has 1 aromatic carbocycles. The van der Waals surface area contributed by atoms with Gasteiger partial charge in [0.1, 0.15) is 17.4 Å². The Kier molecular flexibility index (Phi) is 3.94. The standard InChI is InChI=1S/C16H20N2O3/c1-18(16(19)15-7-6-12(9-17)20-15)10-13-8-11-4-2-3-5-14(11)21-13/h2-5,8,12,15H,6-7,9-10,17H2,1H3/t12-,15+/m1/s1. The second-order valence-electron chi connectivity index (χ2n) is 5.50. The zero-order valence-corrected chi connectivity index (χ0v) is 12.1. The Balaban J connectivity index is 1.65. The van der Waals surface area contributed by atoms with E-state index >= 15 is 0 Å². The maximum absolute atomic E-state index is 12.3. The third-order valence-corrected chi connectivity index (χ3v) is 3.89. The van der Waals surface area contributed by atoms with Crippen molar-refractivity contribution in [2.75, 3.05) is 13.6 Å².